The van der Waals surface area contributed by atoms with Crippen LogP contribution in [0.4, 0.5) is 0 Å². The Balaban J connectivity index is 1.80. The Morgan fingerprint density at radius 3 is 2.89 bits per heavy atom. The molecule has 2 rings (SSSR count). The van der Waals surface area contributed by atoms with E-state index in [1.807, 2.05) is 0 Å². The van der Waals surface area contributed by atoms with Gasteiger partial charge in [-0.25, -0.2) is 4.79 Å². The first kappa shape index (κ1) is 13.7. The molecule has 0 spiro atoms. The molecule has 0 bridgehead atoms. The number of carboxylic acid groups (broad SMARTS) is 1. The van der Waals surface area contributed by atoms with E-state index >= 15 is 0 Å². The van der Waals surface area contributed by atoms with Crippen molar-refractivity contribution in [2.45, 2.75) is 43.7 Å². The van der Waals surface area contributed by atoms with Crippen LogP contribution in [-0.4, -0.2) is 46.7 Å². The zero-order valence-corrected chi connectivity index (χ0v) is 11.1. The third-order valence-corrected chi connectivity index (χ3v) is 4.72. The van der Waals surface area contributed by atoms with Gasteiger partial charge in [-0.3, -0.25) is 4.79 Å². The minimum Gasteiger partial charge on any atom is -0.479 e. The molecule has 0 aromatic heterocycles. The first-order valence-corrected chi connectivity index (χ1v) is 7.52. The minimum atomic E-state index is -1.04. The Labute approximate surface area is 111 Å². The van der Waals surface area contributed by atoms with Gasteiger partial charge in [-0.2, -0.15) is 11.8 Å². The summed E-state index contributed by atoms with van der Waals surface area (Å²) < 4.78 is 5.45. The lowest BCUT2D eigenvalue weighted by atomic mass is 9.98. The SMILES string of the molecule is O=C(CC[C@@H]1CCCO1)N[C@]1(C(=O)O)CCSC1. The van der Waals surface area contributed by atoms with Gasteiger partial charge in [-0.05, 0) is 31.4 Å². The Morgan fingerprint density at radius 2 is 2.33 bits per heavy atom. The average Bonchev–Trinajstić information content (AvgIpc) is 2.97. The second-order valence-corrected chi connectivity index (χ2v) is 6.02. The van der Waals surface area contributed by atoms with Gasteiger partial charge in [0.25, 0.3) is 0 Å². The number of aliphatic carboxylic acids is 1. The van der Waals surface area contributed by atoms with Gasteiger partial charge < -0.3 is 15.2 Å². The van der Waals surface area contributed by atoms with Crippen LogP contribution >= 0.6 is 11.8 Å². The summed E-state index contributed by atoms with van der Waals surface area (Å²) >= 11 is 1.57. The highest BCUT2D eigenvalue weighted by atomic mass is 32.2. The third-order valence-electron chi connectivity index (χ3n) is 3.53. The normalized spacial score (nSPS) is 31.4. The lowest BCUT2D eigenvalue weighted by Crippen LogP contribution is -2.54. The molecule has 5 nitrogen and oxygen atoms in total. The van der Waals surface area contributed by atoms with E-state index in [0.717, 1.165) is 25.2 Å². The molecule has 102 valence electrons. The van der Waals surface area contributed by atoms with Crippen molar-refractivity contribution in [3.63, 3.8) is 0 Å². The number of carboxylic acids is 1. The highest BCUT2D eigenvalue weighted by Gasteiger charge is 2.43. The van der Waals surface area contributed by atoms with Gasteiger partial charge in [-0.1, -0.05) is 0 Å². The van der Waals surface area contributed by atoms with Crippen molar-refractivity contribution < 1.29 is 19.4 Å². The molecule has 2 N–H and O–H groups in total. The summed E-state index contributed by atoms with van der Waals surface area (Å²) in [5.41, 5.74) is -1.04. The number of amides is 1. The Bertz CT molecular complexity index is 322. The summed E-state index contributed by atoms with van der Waals surface area (Å²) in [6, 6.07) is 0. The summed E-state index contributed by atoms with van der Waals surface area (Å²) in [5, 5.41) is 11.9. The smallest absolute Gasteiger partial charge is 0.330 e. The van der Waals surface area contributed by atoms with Gasteiger partial charge in [0.2, 0.25) is 5.91 Å². The Kier molecular flexibility index (Phi) is 4.50. The van der Waals surface area contributed by atoms with Crippen LogP contribution in [0.1, 0.15) is 32.1 Å². The van der Waals surface area contributed by atoms with Crippen molar-refractivity contribution in [1.82, 2.24) is 5.32 Å². The van der Waals surface area contributed by atoms with E-state index in [9.17, 15) is 14.7 Å². The van der Waals surface area contributed by atoms with Gasteiger partial charge >= 0.3 is 5.97 Å². The molecule has 0 aromatic rings. The van der Waals surface area contributed by atoms with Crippen LogP contribution in [0.15, 0.2) is 0 Å². The van der Waals surface area contributed by atoms with Crippen molar-refractivity contribution in [2.75, 3.05) is 18.1 Å². The fourth-order valence-corrected chi connectivity index (χ4v) is 3.70. The minimum absolute atomic E-state index is 0.171. The molecule has 2 aliphatic rings. The lowest BCUT2D eigenvalue weighted by Gasteiger charge is -2.24. The Morgan fingerprint density at radius 1 is 1.50 bits per heavy atom. The predicted octanol–water partition coefficient (Wildman–Crippen LogP) is 1.02. The average molecular weight is 273 g/mol. The first-order valence-electron chi connectivity index (χ1n) is 6.36. The number of hydrogen-bond donors (Lipinski definition) is 2. The molecular formula is C12H19NO4S. The molecule has 2 aliphatic heterocycles. The summed E-state index contributed by atoms with van der Waals surface area (Å²) in [7, 11) is 0. The van der Waals surface area contributed by atoms with E-state index in [0.29, 0.717) is 25.0 Å². The predicted molar refractivity (Wildman–Crippen MR) is 68.7 cm³/mol. The van der Waals surface area contributed by atoms with E-state index in [4.69, 9.17) is 4.74 Å². The first-order chi connectivity index (χ1) is 8.62. The summed E-state index contributed by atoms with van der Waals surface area (Å²) in [6.07, 6.45) is 3.79. The number of nitrogens with one attached hydrogen (secondary N) is 1. The lowest BCUT2D eigenvalue weighted by molar-refractivity contribution is -0.146. The maximum Gasteiger partial charge on any atom is 0.330 e. The molecule has 0 aromatic carbocycles. The van der Waals surface area contributed by atoms with Gasteiger partial charge in [0, 0.05) is 18.8 Å². The molecule has 0 aliphatic carbocycles. The fourth-order valence-electron chi connectivity index (χ4n) is 2.38. The maximum absolute atomic E-state index is 11.8. The molecule has 6 heteroatoms. The van der Waals surface area contributed by atoms with Crippen LogP contribution in [0.25, 0.3) is 0 Å². The number of carbonyl (C=O) groups excluding carboxylic acids is 1. The standard InChI is InChI=1S/C12H19NO4S/c14-10(4-3-9-2-1-6-17-9)13-12(11(15)16)5-7-18-8-12/h9H,1-8H2,(H,13,14)(H,15,16)/t9-,12+/m0/s1. The molecule has 1 amide bonds. The van der Waals surface area contributed by atoms with Crippen LogP contribution in [0, 0.1) is 0 Å². The summed E-state index contributed by atoms with van der Waals surface area (Å²) in [5.74, 6) is 0.167. The van der Waals surface area contributed by atoms with Crippen LogP contribution in [-0.2, 0) is 14.3 Å². The number of ether oxygens (including phenoxy) is 1. The largest absolute Gasteiger partial charge is 0.479 e. The second-order valence-electron chi connectivity index (χ2n) is 4.91. The molecule has 18 heavy (non-hydrogen) atoms. The van der Waals surface area contributed by atoms with Crippen LogP contribution < -0.4 is 5.32 Å². The van der Waals surface area contributed by atoms with E-state index < -0.39 is 11.5 Å². The molecule has 0 radical (unpaired) electrons. The molecule has 2 heterocycles. The maximum atomic E-state index is 11.8. The van der Waals surface area contributed by atoms with Gasteiger partial charge in [0.05, 0.1) is 6.10 Å². The number of thioether (sulfide) groups is 1. The molecule has 2 saturated heterocycles. The van der Waals surface area contributed by atoms with Crippen LogP contribution in [0.5, 0.6) is 0 Å². The van der Waals surface area contributed by atoms with E-state index in [1.54, 1.807) is 11.8 Å². The quantitative estimate of drug-likeness (QED) is 0.782. The highest BCUT2D eigenvalue weighted by molar-refractivity contribution is 7.99. The van der Waals surface area contributed by atoms with E-state index in [-0.39, 0.29) is 12.0 Å². The topological polar surface area (TPSA) is 75.6 Å². The molecular weight excluding hydrogens is 254 g/mol. The van der Waals surface area contributed by atoms with E-state index in [2.05, 4.69) is 5.32 Å². The number of carbonyl (C=O) groups is 2. The monoisotopic (exact) mass is 273 g/mol. The summed E-state index contributed by atoms with van der Waals surface area (Å²) in [6.45, 7) is 0.780. The van der Waals surface area contributed by atoms with Gasteiger partial charge in [-0.15, -0.1) is 0 Å². The van der Waals surface area contributed by atoms with Gasteiger partial charge in [0.15, 0.2) is 0 Å². The molecule has 0 saturated carbocycles. The van der Waals surface area contributed by atoms with Crippen molar-refractivity contribution in [3.05, 3.63) is 0 Å². The molecule has 0 unspecified atom stereocenters. The summed E-state index contributed by atoms with van der Waals surface area (Å²) in [4.78, 5) is 23.1. The van der Waals surface area contributed by atoms with Gasteiger partial charge in [0.1, 0.15) is 5.54 Å². The second kappa shape index (κ2) is 5.93. The molecule has 2 fully saturated rings. The van der Waals surface area contributed by atoms with Crippen molar-refractivity contribution in [3.8, 4) is 0 Å². The van der Waals surface area contributed by atoms with Crippen LogP contribution in [0.2, 0.25) is 0 Å². The Hall–Kier alpha value is -0.750. The van der Waals surface area contributed by atoms with Crippen molar-refractivity contribution in [1.29, 1.82) is 0 Å². The highest BCUT2D eigenvalue weighted by Crippen LogP contribution is 2.28. The number of hydrogen-bond acceptors (Lipinski definition) is 4. The zero-order valence-electron chi connectivity index (χ0n) is 10.3. The van der Waals surface area contributed by atoms with Crippen LogP contribution in [0.3, 0.4) is 0 Å². The number of rotatable bonds is 5. The molecule has 2 atom stereocenters. The zero-order chi connectivity index (χ0) is 13.0. The van der Waals surface area contributed by atoms with Crippen molar-refractivity contribution >= 4 is 23.6 Å². The third kappa shape index (κ3) is 3.17. The fraction of sp³-hybridized carbons (Fsp3) is 0.833. The van der Waals surface area contributed by atoms with Crippen molar-refractivity contribution in [2.24, 2.45) is 0 Å². The van der Waals surface area contributed by atoms with E-state index in [1.165, 1.54) is 0 Å².